The van der Waals surface area contributed by atoms with Gasteiger partial charge in [0.2, 0.25) is 0 Å². The first-order valence-corrected chi connectivity index (χ1v) is 7.97. The van der Waals surface area contributed by atoms with Gasteiger partial charge in [-0.05, 0) is 11.1 Å². The van der Waals surface area contributed by atoms with Gasteiger partial charge < -0.3 is 10.6 Å². The van der Waals surface area contributed by atoms with Crippen LogP contribution in [0.3, 0.4) is 0 Å². The van der Waals surface area contributed by atoms with Gasteiger partial charge in [0.05, 0.1) is 6.17 Å². The van der Waals surface area contributed by atoms with Crippen LogP contribution in [0.5, 0.6) is 0 Å². The van der Waals surface area contributed by atoms with E-state index in [9.17, 15) is 0 Å². The Morgan fingerprint density at radius 3 is 2.52 bits per heavy atom. The summed E-state index contributed by atoms with van der Waals surface area (Å²) in [6.45, 7) is 13.0. The molecule has 2 heterocycles. The summed E-state index contributed by atoms with van der Waals surface area (Å²) in [6, 6.07) is 10.6. The van der Waals surface area contributed by atoms with Crippen molar-refractivity contribution in [2.45, 2.75) is 6.17 Å². The Morgan fingerprint density at radius 1 is 1.05 bits per heavy atom. The summed E-state index contributed by atoms with van der Waals surface area (Å²) in [5.74, 6) is 0. The average molecular weight is 286 g/mol. The third-order valence-electron chi connectivity index (χ3n) is 4.47. The first kappa shape index (κ1) is 14.7. The molecule has 4 nitrogen and oxygen atoms in total. The monoisotopic (exact) mass is 286 g/mol. The maximum absolute atomic E-state index is 4.31. The molecular weight excluding hydrogens is 260 g/mol. The highest BCUT2D eigenvalue weighted by Crippen LogP contribution is 2.17. The second-order valence-corrected chi connectivity index (χ2v) is 5.91. The summed E-state index contributed by atoms with van der Waals surface area (Å²) in [5, 5.41) is 6.98. The molecule has 0 aliphatic carbocycles. The van der Waals surface area contributed by atoms with Crippen molar-refractivity contribution < 1.29 is 0 Å². The molecule has 2 N–H and O–H groups in total. The molecule has 1 aromatic carbocycles. The molecular formula is C17H26N4. The van der Waals surface area contributed by atoms with Gasteiger partial charge in [-0.2, -0.15) is 0 Å². The van der Waals surface area contributed by atoms with Crippen LogP contribution in [0.2, 0.25) is 0 Å². The third-order valence-corrected chi connectivity index (χ3v) is 4.47. The van der Waals surface area contributed by atoms with Crippen LogP contribution in [0.15, 0.2) is 36.9 Å². The summed E-state index contributed by atoms with van der Waals surface area (Å²) in [7, 11) is 0. The normalized spacial score (nSPS) is 24.9. The minimum atomic E-state index is 0.501. The van der Waals surface area contributed by atoms with Gasteiger partial charge in [-0.3, -0.25) is 9.80 Å². The van der Waals surface area contributed by atoms with Crippen LogP contribution in [0.4, 0.5) is 0 Å². The fraction of sp³-hybridized carbons (Fsp3) is 0.529. The highest BCUT2D eigenvalue weighted by atomic mass is 15.4. The van der Waals surface area contributed by atoms with E-state index in [1.165, 1.54) is 11.1 Å². The zero-order valence-electron chi connectivity index (χ0n) is 12.7. The number of rotatable bonds is 4. The predicted molar refractivity (Wildman–Crippen MR) is 88.1 cm³/mol. The van der Waals surface area contributed by atoms with Gasteiger partial charge >= 0.3 is 0 Å². The van der Waals surface area contributed by atoms with E-state index in [2.05, 4.69) is 57.3 Å². The lowest BCUT2D eigenvalue weighted by Crippen LogP contribution is -2.62. The van der Waals surface area contributed by atoms with Gasteiger partial charge in [-0.1, -0.05) is 36.9 Å². The molecule has 0 saturated carbocycles. The van der Waals surface area contributed by atoms with Crippen molar-refractivity contribution >= 4 is 5.57 Å². The molecule has 2 aliphatic rings. The van der Waals surface area contributed by atoms with Crippen LogP contribution < -0.4 is 10.6 Å². The van der Waals surface area contributed by atoms with E-state index in [4.69, 9.17) is 0 Å². The standard InChI is InChI=1S/C17H26N4/c1-15(16-5-3-2-4-6-16)14-21-12-9-19-13-17(21)20-10-7-18-8-11-20/h2-6,17-19H,1,7-14H2. The molecule has 2 fully saturated rings. The molecule has 2 saturated heterocycles. The van der Waals surface area contributed by atoms with Gasteiger partial charge in [-0.15, -0.1) is 0 Å². The van der Waals surface area contributed by atoms with E-state index in [1.807, 2.05) is 0 Å². The highest BCUT2D eigenvalue weighted by Gasteiger charge is 2.28. The zero-order valence-corrected chi connectivity index (χ0v) is 12.7. The van der Waals surface area contributed by atoms with Gasteiger partial charge in [0.1, 0.15) is 0 Å². The van der Waals surface area contributed by atoms with Crippen LogP contribution in [0.25, 0.3) is 5.57 Å². The van der Waals surface area contributed by atoms with Crippen LogP contribution in [-0.2, 0) is 0 Å². The molecule has 2 aliphatic heterocycles. The molecule has 21 heavy (non-hydrogen) atoms. The van der Waals surface area contributed by atoms with E-state index in [0.717, 1.165) is 52.4 Å². The molecule has 114 valence electrons. The molecule has 0 radical (unpaired) electrons. The van der Waals surface area contributed by atoms with E-state index >= 15 is 0 Å². The maximum Gasteiger partial charge on any atom is 0.0755 e. The van der Waals surface area contributed by atoms with Gasteiger partial charge in [0.25, 0.3) is 0 Å². The van der Waals surface area contributed by atoms with E-state index in [0.29, 0.717) is 6.17 Å². The Labute approximate surface area is 127 Å². The van der Waals surface area contributed by atoms with Crippen molar-refractivity contribution in [3.05, 3.63) is 42.5 Å². The van der Waals surface area contributed by atoms with E-state index < -0.39 is 0 Å². The molecule has 4 heteroatoms. The number of hydrogen-bond donors (Lipinski definition) is 2. The van der Waals surface area contributed by atoms with Crippen molar-refractivity contribution in [3.8, 4) is 0 Å². The number of hydrogen-bond acceptors (Lipinski definition) is 4. The molecule has 3 rings (SSSR count). The van der Waals surface area contributed by atoms with E-state index in [-0.39, 0.29) is 0 Å². The van der Waals surface area contributed by atoms with Gasteiger partial charge in [0, 0.05) is 52.4 Å². The summed E-state index contributed by atoms with van der Waals surface area (Å²) in [5.41, 5.74) is 2.48. The van der Waals surface area contributed by atoms with Gasteiger partial charge in [-0.25, -0.2) is 0 Å². The minimum Gasteiger partial charge on any atom is -0.314 e. The second-order valence-electron chi connectivity index (χ2n) is 5.91. The molecule has 1 aromatic rings. The summed E-state index contributed by atoms with van der Waals surface area (Å²) >= 11 is 0. The quantitative estimate of drug-likeness (QED) is 0.858. The Kier molecular flexibility index (Phi) is 5.04. The minimum absolute atomic E-state index is 0.501. The zero-order chi connectivity index (χ0) is 14.5. The second kappa shape index (κ2) is 7.18. The first-order valence-electron chi connectivity index (χ1n) is 7.97. The fourth-order valence-electron chi connectivity index (χ4n) is 3.27. The molecule has 0 aromatic heterocycles. The molecule has 0 spiro atoms. The Morgan fingerprint density at radius 2 is 1.76 bits per heavy atom. The number of benzene rings is 1. The molecule has 1 atom stereocenters. The lowest BCUT2D eigenvalue weighted by atomic mass is 10.1. The number of nitrogens with zero attached hydrogens (tertiary/aromatic N) is 2. The van der Waals surface area contributed by atoms with Crippen LogP contribution in [-0.4, -0.2) is 68.3 Å². The average Bonchev–Trinajstić information content (AvgIpc) is 2.57. The van der Waals surface area contributed by atoms with Crippen LogP contribution in [0, 0.1) is 0 Å². The van der Waals surface area contributed by atoms with Crippen molar-refractivity contribution in [2.75, 3.05) is 52.4 Å². The fourth-order valence-corrected chi connectivity index (χ4v) is 3.27. The number of piperazine rings is 2. The third kappa shape index (κ3) is 3.71. The lowest BCUT2D eigenvalue weighted by Gasteiger charge is -2.44. The molecule has 0 amide bonds. The van der Waals surface area contributed by atoms with Crippen LogP contribution in [0.1, 0.15) is 5.56 Å². The Hall–Kier alpha value is -1.20. The molecule has 0 bridgehead atoms. The topological polar surface area (TPSA) is 30.5 Å². The Bertz CT molecular complexity index is 453. The molecule has 1 unspecified atom stereocenters. The lowest BCUT2D eigenvalue weighted by molar-refractivity contribution is 0.0259. The van der Waals surface area contributed by atoms with Crippen molar-refractivity contribution in [1.29, 1.82) is 0 Å². The summed E-state index contributed by atoms with van der Waals surface area (Å²) < 4.78 is 0. The van der Waals surface area contributed by atoms with Gasteiger partial charge in [0.15, 0.2) is 0 Å². The first-order chi connectivity index (χ1) is 10.3. The number of nitrogens with one attached hydrogen (secondary N) is 2. The smallest absolute Gasteiger partial charge is 0.0755 e. The summed E-state index contributed by atoms with van der Waals surface area (Å²) in [6.07, 6.45) is 0.501. The van der Waals surface area contributed by atoms with Crippen LogP contribution >= 0.6 is 0 Å². The van der Waals surface area contributed by atoms with E-state index in [1.54, 1.807) is 0 Å². The SMILES string of the molecule is C=C(CN1CCNCC1N1CCNCC1)c1ccccc1. The van der Waals surface area contributed by atoms with Crippen molar-refractivity contribution in [3.63, 3.8) is 0 Å². The van der Waals surface area contributed by atoms with Crippen molar-refractivity contribution in [1.82, 2.24) is 20.4 Å². The van der Waals surface area contributed by atoms with Crippen molar-refractivity contribution in [2.24, 2.45) is 0 Å². The maximum atomic E-state index is 4.31. The summed E-state index contributed by atoms with van der Waals surface area (Å²) in [4.78, 5) is 5.18. The predicted octanol–water partition coefficient (Wildman–Crippen LogP) is 0.836. The Balaban J connectivity index is 1.65. The largest absolute Gasteiger partial charge is 0.314 e. The highest BCUT2D eigenvalue weighted by molar-refractivity contribution is 5.64.